The van der Waals surface area contributed by atoms with Crippen LogP contribution >= 0.6 is 12.4 Å². The molecule has 0 aromatic heterocycles. The number of ether oxygens (including phenoxy) is 2. The molecule has 0 amide bonds. The Morgan fingerprint density at radius 1 is 1.31 bits per heavy atom. The molecule has 0 aromatic rings. The van der Waals surface area contributed by atoms with Gasteiger partial charge in [-0.2, -0.15) is 0 Å². The Labute approximate surface area is 195 Å². The summed E-state index contributed by atoms with van der Waals surface area (Å²) in [4.78, 5) is 25.2. The van der Waals surface area contributed by atoms with Crippen molar-refractivity contribution in [1.82, 2.24) is 0 Å². The van der Waals surface area contributed by atoms with Crippen LogP contribution in [0.2, 0.25) is 0 Å². The highest BCUT2D eigenvalue weighted by molar-refractivity contribution is 6.01. The van der Waals surface area contributed by atoms with Gasteiger partial charge in [-0.1, -0.05) is 38.8 Å². The number of aliphatic hydroxyl groups is 2. The summed E-state index contributed by atoms with van der Waals surface area (Å²) in [6, 6.07) is 0. The van der Waals surface area contributed by atoms with Gasteiger partial charge in [0.05, 0.1) is 12.2 Å². The summed E-state index contributed by atoms with van der Waals surface area (Å²) < 4.78 is 12.7. The molecule has 4 aliphatic carbocycles. The number of hydrogen-bond acceptors (Lipinski definition) is 6. The van der Waals surface area contributed by atoms with Gasteiger partial charge in [-0.15, -0.1) is 12.4 Å². The number of ketones is 2. The number of allylic oxidation sites excluding steroid dienone is 4. The third kappa shape index (κ3) is 2.92. The van der Waals surface area contributed by atoms with Gasteiger partial charge >= 0.3 is 0 Å². The Morgan fingerprint density at radius 2 is 2.06 bits per heavy atom. The van der Waals surface area contributed by atoms with Gasteiger partial charge in [0.15, 0.2) is 23.5 Å². The molecule has 1 saturated heterocycles. The Hall–Kier alpha value is -1.05. The van der Waals surface area contributed by atoms with Gasteiger partial charge in [-0.3, -0.25) is 9.59 Å². The predicted octanol–water partition coefficient (Wildman–Crippen LogP) is 3.14. The maximum Gasteiger partial charge on any atom is 0.193 e. The molecule has 0 radical (unpaired) electrons. The normalized spacial score (nSPS) is 48.8. The second kappa shape index (κ2) is 8.02. The number of rotatable bonds is 4. The SMILES string of the molecule is CCCC1O[C@@H]2C[C@H]3[C@@H]4CCC5=CC(=O)C=C[C@]5(C)[C@H]4[C@@H](O)C[C@]3(C)[C@]2(C(=O)CO)O1.Cl. The van der Waals surface area contributed by atoms with Crippen molar-refractivity contribution >= 4 is 24.0 Å². The Morgan fingerprint density at radius 3 is 2.75 bits per heavy atom. The van der Waals surface area contributed by atoms with E-state index in [1.54, 1.807) is 12.2 Å². The lowest BCUT2D eigenvalue weighted by Crippen LogP contribution is -2.63. The van der Waals surface area contributed by atoms with Crippen LogP contribution in [0.5, 0.6) is 0 Å². The van der Waals surface area contributed by atoms with Crippen molar-refractivity contribution in [1.29, 1.82) is 0 Å². The van der Waals surface area contributed by atoms with Crippen LogP contribution in [0.25, 0.3) is 0 Å². The summed E-state index contributed by atoms with van der Waals surface area (Å²) in [6.45, 7) is 5.67. The molecule has 7 heteroatoms. The van der Waals surface area contributed by atoms with Gasteiger partial charge in [0.1, 0.15) is 6.61 Å². The first-order chi connectivity index (χ1) is 14.7. The van der Waals surface area contributed by atoms with Crippen LogP contribution in [-0.4, -0.2) is 52.5 Å². The van der Waals surface area contributed by atoms with Crippen LogP contribution in [0.1, 0.15) is 59.3 Å². The van der Waals surface area contributed by atoms with E-state index in [9.17, 15) is 19.8 Å². The van der Waals surface area contributed by atoms with Crippen molar-refractivity contribution < 1.29 is 29.3 Å². The fraction of sp³-hybridized carbons (Fsp3) is 0.760. The largest absolute Gasteiger partial charge is 0.393 e. The highest BCUT2D eigenvalue weighted by Crippen LogP contribution is 2.69. The Bertz CT molecular complexity index is 868. The van der Waals surface area contributed by atoms with E-state index >= 15 is 0 Å². The van der Waals surface area contributed by atoms with Crippen LogP contribution in [0, 0.1) is 28.6 Å². The zero-order chi connectivity index (χ0) is 22.2. The molecule has 9 atom stereocenters. The van der Waals surface area contributed by atoms with E-state index in [1.807, 2.05) is 6.08 Å². The Balaban J connectivity index is 0.00000245. The van der Waals surface area contributed by atoms with Gasteiger partial charge in [0.2, 0.25) is 0 Å². The number of hydrogen-bond donors (Lipinski definition) is 2. The first-order valence-electron chi connectivity index (χ1n) is 11.8. The van der Waals surface area contributed by atoms with E-state index in [4.69, 9.17) is 9.47 Å². The van der Waals surface area contributed by atoms with Crippen molar-refractivity contribution in [2.75, 3.05) is 6.61 Å². The van der Waals surface area contributed by atoms with Gasteiger partial charge in [-0.05, 0) is 56.1 Å². The van der Waals surface area contributed by atoms with E-state index in [2.05, 4.69) is 20.8 Å². The lowest BCUT2D eigenvalue weighted by molar-refractivity contribution is -0.200. The molecular weight excluding hydrogens is 432 g/mol. The summed E-state index contributed by atoms with van der Waals surface area (Å²) >= 11 is 0. The minimum absolute atomic E-state index is 0. The van der Waals surface area contributed by atoms with Crippen molar-refractivity contribution in [3.8, 4) is 0 Å². The van der Waals surface area contributed by atoms with Crippen molar-refractivity contribution in [3.63, 3.8) is 0 Å². The second-order valence-electron chi connectivity index (χ2n) is 10.7. The van der Waals surface area contributed by atoms with Crippen molar-refractivity contribution in [2.45, 2.75) is 83.4 Å². The van der Waals surface area contributed by atoms with Crippen molar-refractivity contribution in [3.05, 3.63) is 23.8 Å². The molecule has 178 valence electrons. The average molecular weight is 467 g/mol. The van der Waals surface area contributed by atoms with E-state index in [-0.39, 0.29) is 47.1 Å². The third-order valence-corrected chi connectivity index (χ3v) is 9.37. The number of aliphatic hydroxyl groups excluding tert-OH is 2. The summed E-state index contributed by atoms with van der Waals surface area (Å²) in [5.41, 5.74) is -1.05. The summed E-state index contributed by atoms with van der Waals surface area (Å²) in [5.74, 6) is 0.0274. The standard InChI is InChI=1S/C25H34O6.ClH/c1-4-5-21-30-20-11-17-16-7-6-14-10-15(27)8-9-23(14,2)22(16)18(28)12-24(17,3)25(20,31-21)19(29)13-26;/h8-10,16-18,20-22,26,28H,4-7,11-13H2,1-3H3;1H/t16-,17-,18-,20+,21?,22+,23-,24-,25+;/m0./s1. The molecule has 4 fully saturated rings. The number of halogens is 1. The first kappa shape index (κ1) is 24.1. The molecule has 5 rings (SSSR count). The minimum atomic E-state index is -1.20. The fourth-order valence-electron chi connectivity index (χ4n) is 8.12. The summed E-state index contributed by atoms with van der Waals surface area (Å²) in [7, 11) is 0. The molecule has 0 aromatic carbocycles. The maximum atomic E-state index is 13.2. The Kier molecular flexibility index (Phi) is 6.04. The molecule has 5 aliphatic rings. The van der Waals surface area contributed by atoms with Crippen LogP contribution in [0.15, 0.2) is 23.8 Å². The van der Waals surface area contributed by atoms with Gasteiger partial charge in [0, 0.05) is 16.7 Å². The molecule has 0 spiro atoms. The topological polar surface area (TPSA) is 93.1 Å². The van der Waals surface area contributed by atoms with E-state index in [0.717, 1.165) is 24.8 Å². The lowest BCUT2D eigenvalue weighted by atomic mass is 9.46. The quantitative estimate of drug-likeness (QED) is 0.661. The smallest absolute Gasteiger partial charge is 0.193 e. The van der Waals surface area contributed by atoms with E-state index < -0.39 is 36.1 Å². The molecule has 6 nitrogen and oxygen atoms in total. The monoisotopic (exact) mass is 466 g/mol. The van der Waals surface area contributed by atoms with E-state index in [0.29, 0.717) is 19.3 Å². The molecule has 3 saturated carbocycles. The van der Waals surface area contributed by atoms with E-state index in [1.165, 1.54) is 0 Å². The van der Waals surface area contributed by atoms with Gasteiger partial charge in [0.25, 0.3) is 0 Å². The fourth-order valence-corrected chi connectivity index (χ4v) is 8.12. The maximum absolute atomic E-state index is 13.2. The average Bonchev–Trinajstić information content (AvgIpc) is 3.20. The molecule has 32 heavy (non-hydrogen) atoms. The lowest BCUT2D eigenvalue weighted by Gasteiger charge is -2.59. The molecule has 1 unspecified atom stereocenters. The number of carbonyl (C=O) groups excluding carboxylic acids is 2. The van der Waals surface area contributed by atoms with Gasteiger partial charge in [-0.25, -0.2) is 0 Å². The second-order valence-corrected chi connectivity index (χ2v) is 10.7. The van der Waals surface area contributed by atoms with Crippen LogP contribution in [0.3, 0.4) is 0 Å². The van der Waals surface area contributed by atoms with Crippen LogP contribution in [0.4, 0.5) is 0 Å². The molecule has 2 N–H and O–H groups in total. The minimum Gasteiger partial charge on any atom is -0.393 e. The molecule has 1 aliphatic heterocycles. The number of Topliss-reactive ketones (excluding diaryl/α,β-unsaturated/α-hetero) is 1. The molecular formula is C25H35ClO6. The highest BCUT2D eigenvalue weighted by atomic mass is 35.5. The molecule has 1 heterocycles. The van der Waals surface area contributed by atoms with Crippen LogP contribution < -0.4 is 0 Å². The zero-order valence-corrected chi connectivity index (χ0v) is 19.9. The highest BCUT2D eigenvalue weighted by Gasteiger charge is 2.75. The summed E-state index contributed by atoms with van der Waals surface area (Å²) in [5, 5.41) is 21.4. The molecule has 0 bridgehead atoms. The number of carbonyl (C=O) groups is 2. The predicted molar refractivity (Wildman–Crippen MR) is 120 cm³/mol. The van der Waals surface area contributed by atoms with Crippen molar-refractivity contribution in [2.24, 2.45) is 28.6 Å². The van der Waals surface area contributed by atoms with Crippen LogP contribution in [-0.2, 0) is 19.1 Å². The third-order valence-electron chi connectivity index (χ3n) is 9.37. The van der Waals surface area contributed by atoms with Gasteiger partial charge < -0.3 is 19.7 Å². The number of fused-ring (bicyclic) bond motifs is 7. The zero-order valence-electron chi connectivity index (χ0n) is 19.1. The summed E-state index contributed by atoms with van der Waals surface area (Å²) in [6.07, 6.45) is 8.31. The first-order valence-corrected chi connectivity index (χ1v) is 11.8.